The topological polar surface area (TPSA) is 96.2 Å². The number of anilines is 1. The molecule has 2 N–H and O–H groups in total. The minimum atomic E-state index is -0.518. The molecule has 0 aliphatic heterocycles. The normalized spacial score (nSPS) is 10.7. The van der Waals surface area contributed by atoms with Crippen molar-refractivity contribution in [2.45, 2.75) is 27.3 Å². The third-order valence-corrected chi connectivity index (χ3v) is 2.66. The summed E-state index contributed by atoms with van der Waals surface area (Å²) in [5, 5.41) is 3.80. The van der Waals surface area contributed by atoms with Crippen LogP contribution in [0.4, 0.5) is 5.82 Å². The third-order valence-electron chi connectivity index (χ3n) is 2.66. The maximum absolute atomic E-state index is 11.7. The Balaban J connectivity index is 2.29. The summed E-state index contributed by atoms with van der Waals surface area (Å²) in [5.74, 6) is 1.02. The van der Waals surface area contributed by atoms with Gasteiger partial charge < -0.3 is 19.6 Å². The number of nitrogens with two attached hydrogens (primary N) is 1. The van der Waals surface area contributed by atoms with Gasteiger partial charge in [-0.15, -0.1) is 0 Å². The van der Waals surface area contributed by atoms with Crippen molar-refractivity contribution < 1.29 is 14.1 Å². The van der Waals surface area contributed by atoms with Crippen LogP contribution in [0.2, 0.25) is 0 Å². The Kier molecular flexibility index (Phi) is 3.55. The van der Waals surface area contributed by atoms with Crippen LogP contribution in [0.15, 0.2) is 10.6 Å². The first-order chi connectivity index (χ1) is 9.02. The molecular weight excluding hydrogens is 248 g/mol. The highest BCUT2D eigenvalue weighted by molar-refractivity contribution is 5.92. The summed E-state index contributed by atoms with van der Waals surface area (Å²) in [6.07, 6.45) is 0. The van der Waals surface area contributed by atoms with E-state index in [2.05, 4.69) is 10.1 Å². The van der Waals surface area contributed by atoms with Crippen LogP contribution in [0, 0.1) is 13.8 Å². The molecule has 0 amide bonds. The van der Waals surface area contributed by atoms with Crippen LogP contribution in [-0.4, -0.2) is 27.3 Å². The summed E-state index contributed by atoms with van der Waals surface area (Å²) < 4.78 is 11.7. The number of carbonyl (C=O) groups is 1. The van der Waals surface area contributed by atoms with Crippen molar-refractivity contribution in [3.63, 3.8) is 0 Å². The molecule has 2 heterocycles. The predicted molar refractivity (Wildman–Crippen MR) is 67.7 cm³/mol. The van der Waals surface area contributed by atoms with Crippen LogP contribution < -0.4 is 5.73 Å². The van der Waals surface area contributed by atoms with Crippen molar-refractivity contribution in [2.24, 2.45) is 0 Å². The highest BCUT2D eigenvalue weighted by Crippen LogP contribution is 2.17. The molecule has 0 aliphatic rings. The van der Waals surface area contributed by atoms with Gasteiger partial charge in [0, 0.05) is 6.07 Å². The van der Waals surface area contributed by atoms with Gasteiger partial charge in [0.2, 0.25) is 0 Å². The number of nitrogen functional groups attached to an aromatic ring is 1. The smallest absolute Gasteiger partial charge is 0.360 e. The molecule has 2 aromatic rings. The van der Waals surface area contributed by atoms with E-state index in [-0.39, 0.29) is 18.1 Å². The summed E-state index contributed by atoms with van der Waals surface area (Å²) in [7, 11) is 0. The maximum atomic E-state index is 11.7. The van der Waals surface area contributed by atoms with Crippen LogP contribution in [0.25, 0.3) is 0 Å². The second-order valence-electron chi connectivity index (χ2n) is 4.13. The Morgan fingerprint density at radius 3 is 2.84 bits per heavy atom. The molecule has 2 aromatic heterocycles. The number of aromatic nitrogens is 3. The number of imidazole rings is 1. The summed E-state index contributed by atoms with van der Waals surface area (Å²) in [6, 6.07) is 1.81. The molecule has 7 heteroatoms. The zero-order valence-corrected chi connectivity index (χ0v) is 11.1. The first-order valence-corrected chi connectivity index (χ1v) is 5.94. The average Bonchev–Trinajstić information content (AvgIpc) is 2.88. The monoisotopic (exact) mass is 264 g/mol. The van der Waals surface area contributed by atoms with E-state index < -0.39 is 5.97 Å². The van der Waals surface area contributed by atoms with E-state index in [9.17, 15) is 4.79 Å². The van der Waals surface area contributed by atoms with E-state index in [0.29, 0.717) is 18.1 Å². The van der Waals surface area contributed by atoms with Gasteiger partial charge in [-0.2, -0.15) is 0 Å². The molecule has 7 nitrogen and oxygen atoms in total. The van der Waals surface area contributed by atoms with Gasteiger partial charge in [0.1, 0.15) is 11.6 Å². The molecule has 0 spiro atoms. The van der Waals surface area contributed by atoms with Crippen LogP contribution in [-0.2, 0) is 11.3 Å². The van der Waals surface area contributed by atoms with Crippen LogP contribution >= 0.6 is 0 Å². The van der Waals surface area contributed by atoms with Crippen LogP contribution in [0.5, 0.6) is 0 Å². The molecule has 0 saturated carbocycles. The van der Waals surface area contributed by atoms with E-state index in [4.69, 9.17) is 15.0 Å². The lowest BCUT2D eigenvalue weighted by Crippen LogP contribution is -2.10. The molecule has 0 radical (unpaired) electrons. The molecule has 0 aliphatic carbocycles. The molecule has 0 bridgehead atoms. The highest BCUT2D eigenvalue weighted by atomic mass is 16.5. The van der Waals surface area contributed by atoms with E-state index in [1.54, 1.807) is 18.4 Å². The van der Waals surface area contributed by atoms with Crippen molar-refractivity contribution in [2.75, 3.05) is 12.3 Å². The van der Waals surface area contributed by atoms with Crippen molar-refractivity contribution in [3.05, 3.63) is 29.0 Å². The molecule has 0 atom stereocenters. The van der Waals surface area contributed by atoms with Gasteiger partial charge in [0.25, 0.3) is 0 Å². The first-order valence-electron chi connectivity index (χ1n) is 5.94. The number of carbonyl (C=O) groups excluding carboxylic acids is 1. The van der Waals surface area contributed by atoms with E-state index in [1.165, 1.54) is 0 Å². The standard InChI is InChI=1S/C12H16N4O3/c1-4-18-12(17)10-11(13)16(8(3)14-10)6-9-5-7(2)15-19-9/h5H,4,6,13H2,1-3H3. The van der Waals surface area contributed by atoms with E-state index >= 15 is 0 Å². The van der Waals surface area contributed by atoms with Gasteiger partial charge in [-0.05, 0) is 20.8 Å². The summed E-state index contributed by atoms with van der Waals surface area (Å²) >= 11 is 0. The minimum absolute atomic E-state index is 0.135. The van der Waals surface area contributed by atoms with Gasteiger partial charge in [-0.25, -0.2) is 9.78 Å². The lowest BCUT2D eigenvalue weighted by Gasteiger charge is -2.04. The van der Waals surface area contributed by atoms with E-state index in [0.717, 1.165) is 5.69 Å². The molecule has 0 saturated heterocycles. The molecule has 102 valence electrons. The Labute approximate surface area is 110 Å². The maximum Gasteiger partial charge on any atom is 0.360 e. The van der Waals surface area contributed by atoms with Crippen molar-refractivity contribution in [1.29, 1.82) is 0 Å². The molecule has 0 fully saturated rings. The van der Waals surface area contributed by atoms with Crippen LogP contribution in [0.1, 0.15) is 34.7 Å². The quantitative estimate of drug-likeness (QED) is 0.836. The van der Waals surface area contributed by atoms with E-state index in [1.807, 2.05) is 13.0 Å². The predicted octanol–water partition coefficient (Wildman–Crippen LogP) is 1.30. The fourth-order valence-corrected chi connectivity index (χ4v) is 1.78. The summed E-state index contributed by atoms with van der Waals surface area (Å²) in [6.45, 7) is 6.00. The SMILES string of the molecule is CCOC(=O)c1nc(C)n(Cc2cc(C)no2)c1N. The second-order valence-corrected chi connectivity index (χ2v) is 4.13. The number of nitrogens with zero attached hydrogens (tertiary/aromatic N) is 3. The second kappa shape index (κ2) is 5.13. The number of hydrogen-bond donors (Lipinski definition) is 1. The number of hydrogen-bond acceptors (Lipinski definition) is 6. The largest absolute Gasteiger partial charge is 0.461 e. The summed E-state index contributed by atoms with van der Waals surface area (Å²) in [5.41, 5.74) is 6.85. The average molecular weight is 264 g/mol. The Morgan fingerprint density at radius 1 is 1.53 bits per heavy atom. The Morgan fingerprint density at radius 2 is 2.26 bits per heavy atom. The number of rotatable bonds is 4. The lowest BCUT2D eigenvalue weighted by molar-refractivity contribution is 0.0521. The molecule has 0 aromatic carbocycles. The van der Waals surface area contributed by atoms with Gasteiger partial charge in [-0.1, -0.05) is 5.16 Å². The van der Waals surface area contributed by atoms with Crippen LogP contribution in [0.3, 0.4) is 0 Å². The van der Waals surface area contributed by atoms with Gasteiger partial charge in [0.05, 0.1) is 18.8 Å². The lowest BCUT2D eigenvalue weighted by atomic mass is 10.3. The van der Waals surface area contributed by atoms with Gasteiger partial charge in [0.15, 0.2) is 11.5 Å². The van der Waals surface area contributed by atoms with Crippen molar-refractivity contribution >= 4 is 11.8 Å². The molecule has 19 heavy (non-hydrogen) atoms. The molecule has 0 unspecified atom stereocenters. The number of esters is 1. The Bertz CT molecular complexity index is 600. The van der Waals surface area contributed by atoms with Gasteiger partial charge in [-0.3, -0.25) is 0 Å². The van der Waals surface area contributed by atoms with Gasteiger partial charge >= 0.3 is 5.97 Å². The Hall–Kier alpha value is -2.31. The fraction of sp³-hybridized carbons (Fsp3) is 0.417. The number of ether oxygens (including phenoxy) is 1. The molecular formula is C12H16N4O3. The first kappa shape index (κ1) is 13.1. The third kappa shape index (κ3) is 2.59. The molecule has 2 rings (SSSR count). The van der Waals surface area contributed by atoms with Crippen molar-refractivity contribution in [1.82, 2.24) is 14.7 Å². The zero-order chi connectivity index (χ0) is 14.0. The highest BCUT2D eigenvalue weighted by Gasteiger charge is 2.20. The number of aryl methyl sites for hydroxylation is 2. The fourth-order valence-electron chi connectivity index (χ4n) is 1.78. The zero-order valence-electron chi connectivity index (χ0n) is 11.1. The van der Waals surface area contributed by atoms with Crippen molar-refractivity contribution in [3.8, 4) is 0 Å². The minimum Gasteiger partial charge on any atom is -0.461 e. The summed E-state index contributed by atoms with van der Waals surface area (Å²) in [4.78, 5) is 15.8.